The Balaban J connectivity index is 1.54. The molecule has 0 spiro atoms. The molecule has 1 aromatic rings. The Morgan fingerprint density at radius 2 is 2.00 bits per heavy atom. The van der Waals surface area contributed by atoms with Crippen LogP contribution in [0.2, 0.25) is 0 Å². The van der Waals surface area contributed by atoms with E-state index in [9.17, 15) is 9.90 Å². The first kappa shape index (κ1) is 13.6. The zero-order valence-corrected chi connectivity index (χ0v) is 11.8. The largest absolute Gasteiger partial charge is 0.481 e. The Kier molecular flexibility index (Phi) is 4.06. The lowest BCUT2D eigenvalue weighted by Crippen LogP contribution is -2.39. The summed E-state index contributed by atoms with van der Waals surface area (Å²) < 4.78 is 0. The van der Waals surface area contributed by atoms with E-state index in [2.05, 4.69) is 29.6 Å². The van der Waals surface area contributed by atoms with Crippen LogP contribution in [0.4, 0.5) is 0 Å². The smallest absolute Gasteiger partial charge is 0.306 e. The van der Waals surface area contributed by atoms with Gasteiger partial charge in [-0.25, -0.2) is 0 Å². The fourth-order valence-corrected chi connectivity index (χ4v) is 3.80. The second-order valence-electron chi connectivity index (χ2n) is 6.25. The summed E-state index contributed by atoms with van der Waals surface area (Å²) in [7, 11) is 0. The van der Waals surface area contributed by atoms with Crippen molar-refractivity contribution in [2.75, 3.05) is 6.54 Å². The van der Waals surface area contributed by atoms with Crippen LogP contribution in [0.1, 0.15) is 36.8 Å². The summed E-state index contributed by atoms with van der Waals surface area (Å²) in [5.74, 6) is -0.411. The molecule has 108 valence electrons. The van der Waals surface area contributed by atoms with Gasteiger partial charge < -0.3 is 10.4 Å². The minimum atomic E-state index is -0.608. The van der Waals surface area contributed by atoms with Crippen LogP contribution < -0.4 is 5.32 Å². The Hall–Kier alpha value is -1.35. The summed E-state index contributed by atoms with van der Waals surface area (Å²) in [6.45, 7) is 0.865. The number of fused-ring (bicyclic) bond motifs is 1. The van der Waals surface area contributed by atoms with Gasteiger partial charge >= 0.3 is 5.97 Å². The fourth-order valence-electron chi connectivity index (χ4n) is 3.80. The molecule has 3 unspecified atom stereocenters. The highest BCUT2D eigenvalue weighted by atomic mass is 16.4. The average Bonchev–Trinajstić information content (AvgIpc) is 2.93. The lowest BCUT2D eigenvalue weighted by Gasteiger charge is -2.27. The number of aliphatic carboxylic acids is 1. The monoisotopic (exact) mass is 273 g/mol. The van der Waals surface area contributed by atoms with E-state index in [1.165, 1.54) is 17.5 Å². The number of nitrogens with one attached hydrogen (secondary N) is 1. The van der Waals surface area contributed by atoms with Gasteiger partial charge in [0.15, 0.2) is 0 Å². The van der Waals surface area contributed by atoms with E-state index in [0.29, 0.717) is 12.0 Å². The van der Waals surface area contributed by atoms with Gasteiger partial charge in [0.2, 0.25) is 0 Å². The molecule has 1 fully saturated rings. The predicted molar refractivity (Wildman–Crippen MR) is 78.7 cm³/mol. The van der Waals surface area contributed by atoms with Gasteiger partial charge in [0.25, 0.3) is 0 Å². The standard InChI is InChI=1S/C17H23NO2/c19-17(20)16-7-3-6-14(16)11-18-15-9-8-12-4-1-2-5-13(12)10-15/h1-2,4-5,14-16,18H,3,6-11H2,(H,19,20). The second-order valence-corrected chi connectivity index (χ2v) is 6.25. The van der Waals surface area contributed by atoms with E-state index in [4.69, 9.17) is 0 Å². The van der Waals surface area contributed by atoms with Crippen molar-refractivity contribution < 1.29 is 9.90 Å². The average molecular weight is 273 g/mol. The third-order valence-corrected chi connectivity index (χ3v) is 4.99. The molecule has 2 aliphatic rings. The zero-order valence-electron chi connectivity index (χ0n) is 11.8. The SMILES string of the molecule is O=C(O)C1CCCC1CNC1CCc2ccccc2C1. The summed E-state index contributed by atoms with van der Waals surface area (Å²) in [6, 6.07) is 9.18. The van der Waals surface area contributed by atoms with Crippen molar-refractivity contribution in [3.63, 3.8) is 0 Å². The summed E-state index contributed by atoms with van der Waals surface area (Å²) in [4.78, 5) is 11.2. The topological polar surface area (TPSA) is 49.3 Å². The maximum Gasteiger partial charge on any atom is 0.306 e. The minimum absolute atomic E-state index is 0.127. The van der Waals surface area contributed by atoms with Gasteiger partial charge in [0.1, 0.15) is 0 Å². The summed E-state index contributed by atoms with van der Waals surface area (Å²) in [5, 5.41) is 12.8. The van der Waals surface area contributed by atoms with Crippen molar-refractivity contribution in [2.24, 2.45) is 11.8 Å². The van der Waals surface area contributed by atoms with Crippen LogP contribution in [0, 0.1) is 11.8 Å². The van der Waals surface area contributed by atoms with Crippen molar-refractivity contribution in [2.45, 2.75) is 44.6 Å². The molecule has 2 N–H and O–H groups in total. The van der Waals surface area contributed by atoms with Crippen LogP contribution in [-0.4, -0.2) is 23.7 Å². The molecule has 2 aliphatic carbocycles. The van der Waals surface area contributed by atoms with Gasteiger partial charge in [-0.15, -0.1) is 0 Å². The molecule has 3 nitrogen and oxygen atoms in total. The predicted octanol–water partition coefficient (Wildman–Crippen LogP) is 2.63. The Bertz CT molecular complexity index is 486. The summed E-state index contributed by atoms with van der Waals surface area (Å²) in [5.41, 5.74) is 2.94. The Labute approximate surface area is 120 Å². The maximum atomic E-state index is 11.2. The number of hydrogen-bond acceptors (Lipinski definition) is 2. The second kappa shape index (κ2) is 5.96. The van der Waals surface area contributed by atoms with E-state index in [0.717, 1.165) is 38.6 Å². The quantitative estimate of drug-likeness (QED) is 0.886. The number of carboxylic acids is 1. The van der Waals surface area contributed by atoms with Gasteiger partial charge in [-0.3, -0.25) is 4.79 Å². The van der Waals surface area contributed by atoms with Crippen LogP contribution in [0.15, 0.2) is 24.3 Å². The molecule has 3 rings (SSSR count). The Morgan fingerprint density at radius 1 is 1.20 bits per heavy atom. The van der Waals surface area contributed by atoms with Gasteiger partial charge in [0.05, 0.1) is 5.92 Å². The highest BCUT2D eigenvalue weighted by molar-refractivity contribution is 5.70. The van der Waals surface area contributed by atoms with Crippen molar-refractivity contribution in [3.05, 3.63) is 35.4 Å². The first-order valence-corrected chi connectivity index (χ1v) is 7.77. The third kappa shape index (κ3) is 2.88. The minimum Gasteiger partial charge on any atom is -0.481 e. The molecule has 1 saturated carbocycles. The maximum absolute atomic E-state index is 11.2. The van der Waals surface area contributed by atoms with Crippen LogP contribution in [0.25, 0.3) is 0 Å². The molecule has 0 amide bonds. The van der Waals surface area contributed by atoms with E-state index >= 15 is 0 Å². The van der Waals surface area contributed by atoms with Crippen molar-refractivity contribution >= 4 is 5.97 Å². The molecule has 3 atom stereocenters. The van der Waals surface area contributed by atoms with Crippen LogP contribution in [-0.2, 0) is 17.6 Å². The van der Waals surface area contributed by atoms with Crippen molar-refractivity contribution in [3.8, 4) is 0 Å². The molecule has 0 aromatic heterocycles. The molecule has 3 heteroatoms. The number of aryl methyl sites for hydroxylation is 1. The van der Waals surface area contributed by atoms with Crippen LogP contribution in [0.3, 0.4) is 0 Å². The summed E-state index contributed by atoms with van der Waals surface area (Å²) >= 11 is 0. The first-order valence-electron chi connectivity index (χ1n) is 7.77. The van der Waals surface area contributed by atoms with Gasteiger partial charge in [-0.1, -0.05) is 30.7 Å². The third-order valence-electron chi connectivity index (χ3n) is 4.99. The number of carbonyl (C=O) groups is 1. The van der Waals surface area contributed by atoms with Crippen LogP contribution in [0.5, 0.6) is 0 Å². The van der Waals surface area contributed by atoms with Crippen molar-refractivity contribution in [1.29, 1.82) is 0 Å². The van der Waals surface area contributed by atoms with Crippen molar-refractivity contribution in [1.82, 2.24) is 5.32 Å². The Morgan fingerprint density at radius 3 is 2.80 bits per heavy atom. The molecule has 0 heterocycles. The zero-order chi connectivity index (χ0) is 13.9. The number of hydrogen-bond donors (Lipinski definition) is 2. The van der Waals surface area contributed by atoms with Gasteiger partial charge in [0, 0.05) is 6.04 Å². The van der Waals surface area contributed by atoms with E-state index in [1.54, 1.807) is 0 Å². The summed E-state index contributed by atoms with van der Waals surface area (Å²) in [6.07, 6.45) is 6.38. The number of carboxylic acid groups (broad SMARTS) is 1. The lowest BCUT2D eigenvalue weighted by atomic mass is 9.87. The molecule has 0 aliphatic heterocycles. The van der Waals surface area contributed by atoms with E-state index < -0.39 is 5.97 Å². The molecular formula is C17H23NO2. The molecule has 0 radical (unpaired) electrons. The normalized spacial score (nSPS) is 29.1. The lowest BCUT2D eigenvalue weighted by molar-refractivity contribution is -0.142. The first-order chi connectivity index (χ1) is 9.74. The molecule has 0 saturated heterocycles. The molecule has 20 heavy (non-hydrogen) atoms. The van der Waals surface area contributed by atoms with E-state index in [1.807, 2.05) is 0 Å². The molecule has 0 bridgehead atoms. The highest BCUT2D eigenvalue weighted by Crippen LogP contribution is 2.31. The van der Waals surface area contributed by atoms with Gasteiger partial charge in [-0.05, 0) is 55.7 Å². The van der Waals surface area contributed by atoms with Crippen LogP contribution >= 0.6 is 0 Å². The molecular weight excluding hydrogens is 250 g/mol. The van der Waals surface area contributed by atoms with Gasteiger partial charge in [-0.2, -0.15) is 0 Å². The number of benzene rings is 1. The van der Waals surface area contributed by atoms with E-state index in [-0.39, 0.29) is 5.92 Å². The molecule has 1 aromatic carbocycles. The highest BCUT2D eigenvalue weighted by Gasteiger charge is 2.33. The number of rotatable bonds is 4. The fraction of sp³-hybridized carbons (Fsp3) is 0.588.